The van der Waals surface area contributed by atoms with Crippen LogP contribution in [0.1, 0.15) is 48.5 Å². The molecule has 1 saturated carbocycles. The van der Waals surface area contributed by atoms with Crippen molar-refractivity contribution in [3.63, 3.8) is 0 Å². The topological polar surface area (TPSA) is 105 Å². The molecule has 2 saturated heterocycles. The summed E-state index contributed by atoms with van der Waals surface area (Å²) in [4.78, 5) is 31.3. The van der Waals surface area contributed by atoms with Crippen molar-refractivity contribution in [1.29, 1.82) is 0 Å². The first-order valence-corrected chi connectivity index (χ1v) is 10.2. The predicted molar refractivity (Wildman–Crippen MR) is 99.5 cm³/mol. The minimum atomic E-state index is -0.283. The van der Waals surface area contributed by atoms with Crippen LogP contribution in [0.2, 0.25) is 0 Å². The van der Waals surface area contributed by atoms with Gasteiger partial charge in [-0.1, -0.05) is 0 Å². The quantitative estimate of drug-likeness (QED) is 0.797. The van der Waals surface area contributed by atoms with Gasteiger partial charge in [-0.15, -0.1) is 0 Å². The molecule has 8 nitrogen and oxygen atoms in total. The van der Waals surface area contributed by atoms with Crippen LogP contribution in [0.5, 0.6) is 0 Å². The lowest BCUT2D eigenvalue weighted by molar-refractivity contribution is -0.136. The van der Waals surface area contributed by atoms with Gasteiger partial charge in [0.1, 0.15) is 6.26 Å². The van der Waals surface area contributed by atoms with Gasteiger partial charge in [0, 0.05) is 44.0 Å². The Hall–Kier alpha value is -1.93. The van der Waals surface area contributed by atoms with Crippen LogP contribution < -0.4 is 5.32 Å². The van der Waals surface area contributed by atoms with Crippen molar-refractivity contribution in [2.45, 2.75) is 45.1 Å². The Kier molecular flexibility index (Phi) is 5.42. The predicted octanol–water partition coefficient (Wildman–Crippen LogP) is 1.13. The molecule has 3 fully saturated rings. The molecule has 2 N–H and O–H groups in total. The average Bonchev–Trinajstić information content (AvgIpc) is 3.32. The first kappa shape index (κ1) is 19.4. The summed E-state index contributed by atoms with van der Waals surface area (Å²) in [6, 6.07) is 0.0619. The van der Waals surface area contributed by atoms with Gasteiger partial charge in [0.2, 0.25) is 5.91 Å². The molecule has 1 aromatic rings. The molecule has 8 heteroatoms. The van der Waals surface area contributed by atoms with E-state index in [1.54, 1.807) is 6.92 Å². The van der Waals surface area contributed by atoms with Crippen LogP contribution in [0.3, 0.4) is 0 Å². The normalized spacial score (nSPS) is 32.8. The van der Waals surface area contributed by atoms with E-state index in [4.69, 9.17) is 9.15 Å². The first-order valence-electron chi connectivity index (χ1n) is 10.2. The Morgan fingerprint density at radius 3 is 2.75 bits per heavy atom. The highest BCUT2D eigenvalue weighted by molar-refractivity contribution is 5.92. The maximum Gasteiger partial charge on any atom is 0.273 e. The number of oxazole rings is 1. The Labute approximate surface area is 164 Å². The van der Waals surface area contributed by atoms with Crippen LogP contribution in [0.15, 0.2) is 10.7 Å². The number of ether oxygens (including phenoxy) is 1. The molecule has 0 unspecified atom stereocenters. The minimum Gasteiger partial charge on any atom is -0.448 e. The largest absolute Gasteiger partial charge is 0.448 e. The smallest absolute Gasteiger partial charge is 0.273 e. The minimum absolute atomic E-state index is 0.000684. The number of hydrogen-bond acceptors (Lipinski definition) is 6. The molecule has 0 bridgehead atoms. The molecule has 1 aliphatic carbocycles. The standard InChI is InChI=1S/C20H29N3O5/c1-13-21-17(9-28-13)18(25)22-16-4-2-14(3-5-16)19(26)23-8-15-6-7-27-12-20(15,10-23)11-24/h9,14-16,24H,2-8,10-12H2,1H3,(H,22,25)/t14?,15-,16?,20+/m0/s1. The van der Waals surface area contributed by atoms with Crippen LogP contribution in [0.4, 0.5) is 0 Å². The van der Waals surface area contributed by atoms with E-state index in [1.165, 1.54) is 6.26 Å². The fourth-order valence-electron chi connectivity index (χ4n) is 4.96. The summed E-state index contributed by atoms with van der Waals surface area (Å²) in [7, 11) is 0. The third-order valence-corrected chi connectivity index (χ3v) is 6.70. The molecule has 3 aliphatic rings. The maximum atomic E-state index is 13.0. The van der Waals surface area contributed by atoms with E-state index < -0.39 is 0 Å². The highest BCUT2D eigenvalue weighted by Gasteiger charge is 2.50. The number of aliphatic hydroxyl groups excluding tert-OH is 1. The van der Waals surface area contributed by atoms with Crippen molar-refractivity contribution in [2.24, 2.45) is 17.3 Å². The van der Waals surface area contributed by atoms with Gasteiger partial charge < -0.3 is 24.5 Å². The lowest BCUT2D eigenvalue weighted by atomic mass is 9.76. The third-order valence-electron chi connectivity index (χ3n) is 6.70. The molecule has 154 valence electrons. The molecule has 2 amide bonds. The molecule has 0 spiro atoms. The number of aromatic nitrogens is 1. The number of aliphatic hydroxyl groups is 1. The number of fused-ring (bicyclic) bond motifs is 1. The third kappa shape index (κ3) is 3.67. The Bertz CT molecular complexity index is 727. The van der Waals surface area contributed by atoms with Crippen molar-refractivity contribution < 1.29 is 23.8 Å². The van der Waals surface area contributed by atoms with E-state index in [2.05, 4.69) is 10.3 Å². The molecule has 0 aromatic carbocycles. The zero-order valence-corrected chi connectivity index (χ0v) is 16.4. The number of carbonyl (C=O) groups is 2. The van der Waals surface area contributed by atoms with Gasteiger partial charge in [-0.3, -0.25) is 9.59 Å². The number of nitrogens with one attached hydrogen (secondary N) is 1. The van der Waals surface area contributed by atoms with Gasteiger partial charge in [0.25, 0.3) is 5.91 Å². The Morgan fingerprint density at radius 2 is 2.11 bits per heavy atom. The van der Waals surface area contributed by atoms with Gasteiger partial charge in [-0.2, -0.15) is 0 Å². The van der Waals surface area contributed by atoms with E-state index in [9.17, 15) is 14.7 Å². The summed E-state index contributed by atoms with van der Waals surface area (Å²) in [5.41, 5.74) is 0.0151. The van der Waals surface area contributed by atoms with Crippen LogP contribution in [-0.4, -0.2) is 65.8 Å². The molecule has 0 radical (unpaired) electrons. The molecule has 4 rings (SSSR count). The number of hydrogen-bond donors (Lipinski definition) is 2. The van der Waals surface area contributed by atoms with E-state index in [0.717, 1.165) is 38.6 Å². The van der Waals surface area contributed by atoms with Crippen LogP contribution >= 0.6 is 0 Å². The lowest BCUT2D eigenvalue weighted by Crippen LogP contribution is -2.44. The van der Waals surface area contributed by atoms with Crippen molar-refractivity contribution in [2.75, 3.05) is 32.9 Å². The van der Waals surface area contributed by atoms with Crippen LogP contribution in [0, 0.1) is 24.2 Å². The zero-order valence-electron chi connectivity index (χ0n) is 16.4. The Balaban J connectivity index is 1.29. The number of aryl methyl sites for hydroxylation is 1. The Morgan fingerprint density at radius 1 is 1.32 bits per heavy atom. The fraction of sp³-hybridized carbons (Fsp3) is 0.750. The molecular formula is C20H29N3O5. The van der Waals surface area contributed by atoms with Gasteiger partial charge in [-0.05, 0) is 38.0 Å². The van der Waals surface area contributed by atoms with Gasteiger partial charge >= 0.3 is 0 Å². The van der Waals surface area contributed by atoms with Gasteiger partial charge in [0.15, 0.2) is 11.6 Å². The van der Waals surface area contributed by atoms with Crippen molar-refractivity contribution in [3.05, 3.63) is 17.8 Å². The van der Waals surface area contributed by atoms with E-state index in [0.29, 0.717) is 37.3 Å². The number of nitrogens with zero attached hydrogens (tertiary/aromatic N) is 2. The van der Waals surface area contributed by atoms with Gasteiger partial charge in [0.05, 0.1) is 13.2 Å². The second-order valence-electron chi connectivity index (χ2n) is 8.55. The lowest BCUT2D eigenvalue weighted by Gasteiger charge is -2.36. The van der Waals surface area contributed by atoms with Crippen LogP contribution in [-0.2, 0) is 9.53 Å². The first-order chi connectivity index (χ1) is 13.5. The second kappa shape index (κ2) is 7.83. The SMILES string of the molecule is Cc1nc(C(=O)NC2CCC(C(=O)N3C[C@@H]4CCOC[C@]4(CO)C3)CC2)co1. The van der Waals surface area contributed by atoms with Crippen molar-refractivity contribution in [1.82, 2.24) is 15.2 Å². The molecule has 2 atom stereocenters. The number of carbonyl (C=O) groups excluding carboxylic acids is 2. The van der Waals surface area contributed by atoms with Crippen LogP contribution in [0.25, 0.3) is 0 Å². The molecule has 3 heterocycles. The van der Waals surface area contributed by atoms with Crippen molar-refractivity contribution >= 4 is 11.8 Å². The molecule has 1 aromatic heterocycles. The fourth-order valence-corrected chi connectivity index (χ4v) is 4.96. The van der Waals surface area contributed by atoms with E-state index >= 15 is 0 Å². The number of likely N-dealkylation sites (tertiary alicyclic amines) is 1. The zero-order chi connectivity index (χ0) is 19.7. The highest BCUT2D eigenvalue weighted by Crippen LogP contribution is 2.42. The summed E-state index contributed by atoms with van der Waals surface area (Å²) < 4.78 is 10.7. The molecule has 28 heavy (non-hydrogen) atoms. The summed E-state index contributed by atoms with van der Waals surface area (Å²) >= 11 is 0. The van der Waals surface area contributed by atoms with E-state index in [1.807, 2.05) is 4.90 Å². The van der Waals surface area contributed by atoms with Gasteiger partial charge in [-0.25, -0.2) is 4.98 Å². The maximum absolute atomic E-state index is 13.0. The van der Waals surface area contributed by atoms with Crippen molar-refractivity contribution in [3.8, 4) is 0 Å². The number of rotatable bonds is 4. The summed E-state index contributed by atoms with van der Waals surface area (Å²) in [5.74, 6) is 0.770. The monoisotopic (exact) mass is 391 g/mol. The summed E-state index contributed by atoms with van der Waals surface area (Å²) in [5, 5.41) is 12.9. The van der Waals surface area contributed by atoms with E-state index in [-0.39, 0.29) is 35.8 Å². The number of amides is 2. The summed E-state index contributed by atoms with van der Waals surface area (Å²) in [6.45, 7) is 4.35. The molecule has 2 aliphatic heterocycles. The second-order valence-corrected chi connectivity index (χ2v) is 8.55. The average molecular weight is 391 g/mol. The summed E-state index contributed by atoms with van der Waals surface area (Å²) in [6.07, 6.45) is 5.38. The molecular weight excluding hydrogens is 362 g/mol. The highest BCUT2D eigenvalue weighted by atomic mass is 16.5.